The topological polar surface area (TPSA) is 67.4 Å². The molecule has 1 fully saturated rings. The van der Waals surface area contributed by atoms with Crippen LogP contribution in [0.15, 0.2) is 83.8 Å². The van der Waals surface area contributed by atoms with Crippen LogP contribution in [0.2, 0.25) is 0 Å². The number of carbonyl (C=O) groups excluding carboxylic acids is 2. The minimum Gasteiger partial charge on any atom is -0.497 e. The summed E-state index contributed by atoms with van der Waals surface area (Å²) < 4.78 is 5.19. The lowest BCUT2D eigenvalue weighted by molar-refractivity contribution is -0.120. The Hall–Kier alpha value is -3.25. The molecule has 0 aliphatic heterocycles. The lowest BCUT2D eigenvalue weighted by atomic mass is 9.88. The van der Waals surface area contributed by atoms with Gasteiger partial charge in [0, 0.05) is 22.2 Å². The third-order valence-electron chi connectivity index (χ3n) is 6.05. The number of thioether (sulfide) groups is 1. The van der Waals surface area contributed by atoms with E-state index < -0.39 is 5.25 Å². The van der Waals surface area contributed by atoms with Gasteiger partial charge in [-0.25, -0.2) is 0 Å². The zero-order valence-electron chi connectivity index (χ0n) is 19.3. The Labute approximate surface area is 205 Å². The van der Waals surface area contributed by atoms with Gasteiger partial charge >= 0.3 is 0 Å². The second-order valence-corrected chi connectivity index (χ2v) is 9.65. The van der Waals surface area contributed by atoms with Crippen LogP contribution in [0, 0.1) is 5.92 Å². The van der Waals surface area contributed by atoms with Crippen molar-refractivity contribution in [3.8, 4) is 5.75 Å². The summed E-state index contributed by atoms with van der Waals surface area (Å²) in [7, 11) is 1.61. The van der Waals surface area contributed by atoms with Gasteiger partial charge in [-0.05, 0) is 66.9 Å². The van der Waals surface area contributed by atoms with Crippen molar-refractivity contribution in [2.75, 3.05) is 17.7 Å². The van der Waals surface area contributed by atoms with Crippen LogP contribution in [0.25, 0.3) is 0 Å². The van der Waals surface area contributed by atoms with E-state index in [9.17, 15) is 9.59 Å². The molecule has 0 bridgehead atoms. The molecule has 1 aliphatic rings. The zero-order chi connectivity index (χ0) is 23.8. The highest BCUT2D eigenvalue weighted by Crippen LogP contribution is 2.37. The first-order valence-corrected chi connectivity index (χ1v) is 12.6. The number of methoxy groups -OCH3 is 1. The number of benzene rings is 3. The minimum absolute atomic E-state index is 0.101. The van der Waals surface area contributed by atoms with E-state index in [1.807, 2.05) is 78.9 Å². The Morgan fingerprint density at radius 2 is 1.44 bits per heavy atom. The molecule has 6 heteroatoms. The summed E-state index contributed by atoms with van der Waals surface area (Å²) >= 11 is 1.48. The minimum atomic E-state index is -0.425. The van der Waals surface area contributed by atoms with Gasteiger partial charge in [0.15, 0.2) is 0 Å². The van der Waals surface area contributed by atoms with Crippen LogP contribution in [0.4, 0.5) is 11.4 Å². The summed E-state index contributed by atoms with van der Waals surface area (Å²) in [4.78, 5) is 26.7. The van der Waals surface area contributed by atoms with Crippen molar-refractivity contribution in [3.63, 3.8) is 0 Å². The molecular weight excluding hydrogens is 444 g/mol. The number of carbonyl (C=O) groups is 2. The monoisotopic (exact) mass is 474 g/mol. The van der Waals surface area contributed by atoms with E-state index in [-0.39, 0.29) is 17.7 Å². The van der Waals surface area contributed by atoms with Gasteiger partial charge in [-0.1, -0.05) is 49.6 Å². The van der Waals surface area contributed by atoms with Crippen molar-refractivity contribution in [1.29, 1.82) is 0 Å². The zero-order valence-corrected chi connectivity index (χ0v) is 20.1. The molecule has 0 heterocycles. The van der Waals surface area contributed by atoms with Crippen LogP contribution in [0.5, 0.6) is 5.75 Å². The van der Waals surface area contributed by atoms with E-state index >= 15 is 0 Å². The third-order valence-corrected chi connectivity index (χ3v) is 7.32. The van der Waals surface area contributed by atoms with Gasteiger partial charge in [0.1, 0.15) is 11.0 Å². The molecule has 3 aromatic carbocycles. The predicted molar refractivity (Wildman–Crippen MR) is 138 cm³/mol. The molecule has 1 aliphatic carbocycles. The van der Waals surface area contributed by atoms with Crippen LogP contribution >= 0.6 is 11.8 Å². The fourth-order valence-corrected chi connectivity index (χ4v) is 5.17. The van der Waals surface area contributed by atoms with Gasteiger partial charge < -0.3 is 15.4 Å². The van der Waals surface area contributed by atoms with Gasteiger partial charge in [-0.2, -0.15) is 0 Å². The van der Waals surface area contributed by atoms with Crippen molar-refractivity contribution >= 4 is 35.0 Å². The van der Waals surface area contributed by atoms with Crippen LogP contribution < -0.4 is 15.4 Å². The quantitative estimate of drug-likeness (QED) is 0.357. The van der Waals surface area contributed by atoms with E-state index in [1.165, 1.54) is 18.2 Å². The molecule has 0 spiro atoms. The number of amides is 2. The second-order valence-electron chi connectivity index (χ2n) is 8.47. The Kier molecular flexibility index (Phi) is 8.26. The number of ether oxygens (including phenoxy) is 1. The van der Waals surface area contributed by atoms with Crippen molar-refractivity contribution in [3.05, 3.63) is 84.4 Å². The summed E-state index contributed by atoms with van der Waals surface area (Å²) in [5.41, 5.74) is 2.43. The molecule has 1 saturated carbocycles. The summed E-state index contributed by atoms with van der Waals surface area (Å²) in [6.07, 6.45) is 5.44. The normalized spacial score (nSPS) is 14.7. The standard InChI is InChI=1S/C28H30N2O3S/c1-33-24-16-12-22(13-17-24)30-28(32)26(20-8-4-2-5-9-20)34-25-18-14-23(15-19-25)29-27(31)21-10-6-3-7-11-21/h2,4-5,8-9,12-19,21,26H,3,6-7,10-11H2,1H3,(H,29,31)(H,30,32). The molecule has 4 rings (SSSR count). The molecule has 1 atom stereocenters. The summed E-state index contributed by atoms with van der Waals surface area (Å²) in [5, 5.41) is 5.64. The van der Waals surface area contributed by atoms with Crippen LogP contribution in [-0.2, 0) is 9.59 Å². The number of rotatable bonds is 8. The summed E-state index contributed by atoms with van der Waals surface area (Å²) in [5.74, 6) is 0.867. The summed E-state index contributed by atoms with van der Waals surface area (Å²) in [6, 6.07) is 24.8. The molecule has 3 aromatic rings. The highest BCUT2D eigenvalue weighted by atomic mass is 32.2. The Morgan fingerprint density at radius 1 is 0.824 bits per heavy atom. The second kappa shape index (κ2) is 11.7. The lowest BCUT2D eigenvalue weighted by Crippen LogP contribution is -2.24. The van der Waals surface area contributed by atoms with Crippen LogP contribution in [0.3, 0.4) is 0 Å². The average Bonchev–Trinajstić information content (AvgIpc) is 2.89. The maximum absolute atomic E-state index is 13.2. The molecule has 0 aromatic heterocycles. The van der Waals surface area contributed by atoms with Gasteiger partial charge in [-0.3, -0.25) is 9.59 Å². The van der Waals surface area contributed by atoms with Gasteiger partial charge in [0.2, 0.25) is 11.8 Å². The average molecular weight is 475 g/mol. The van der Waals surface area contributed by atoms with E-state index in [0.717, 1.165) is 47.6 Å². The van der Waals surface area contributed by atoms with Crippen molar-refractivity contribution in [2.24, 2.45) is 5.92 Å². The molecule has 5 nitrogen and oxygen atoms in total. The smallest absolute Gasteiger partial charge is 0.242 e. The molecule has 0 radical (unpaired) electrons. The van der Waals surface area contributed by atoms with Crippen molar-refractivity contribution in [2.45, 2.75) is 42.2 Å². The Bertz CT molecular complexity index is 1080. The molecule has 0 saturated heterocycles. The molecule has 2 amide bonds. The third kappa shape index (κ3) is 6.41. The SMILES string of the molecule is COc1ccc(NC(=O)C(Sc2ccc(NC(=O)C3CCCCC3)cc2)c2ccccc2)cc1. The number of nitrogens with one attached hydrogen (secondary N) is 2. The fraction of sp³-hybridized carbons (Fsp3) is 0.286. The fourth-order valence-electron chi connectivity index (χ4n) is 4.14. The van der Waals surface area contributed by atoms with E-state index in [0.29, 0.717) is 5.69 Å². The lowest BCUT2D eigenvalue weighted by Gasteiger charge is -2.21. The number of anilines is 2. The summed E-state index contributed by atoms with van der Waals surface area (Å²) in [6.45, 7) is 0. The maximum Gasteiger partial charge on any atom is 0.242 e. The van der Waals surface area contributed by atoms with Crippen molar-refractivity contribution < 1.29 is 14.3 Å². The largest absolute Gasteiger partial charge is 0.497 e. The van der Waals surface area contributed by atoms with E-state index in [4.69, 9.17) is 4.74 Å². The van der Waals surface area contributed by atoms with E-state index in [1.54, 1.807) is 7.11 Å². The molecule has 176 valence electrons. The molecule has 34 heavy (non-hydrogen) atoms. The Balaban J connectivity index is 1.44. The van der Waals surface area contributed by atoms with Gasteiger partial charge in [0.05, 0.1) is 7.11 Å². The first-order chi connectivity index (χ1) is 16.6. The number of hydrogen-bond donors (Lipinski definition) is 2. The molecule has 2 N–H and O–H groups in total. The number of hydrogen-bond acceptors (Lipinski definition) is 4. The van der Waals surface area contributed by atoms with Crippen molar-refractivity contribution in [1.82, 2.24) is 0 Å². The highest BCUT2D eigenvalue weighted by Gasteiger charge is 2.23. The molecule has 1 unspecified atom stereocenters. The predicted octanol–water partition coefficient (Wildman–Crippen LogP) is 6.69. The first-order valence-electron chi connectivity index (χ1n) is 11.7. The van der Waals surface area contributed by atoms with E-state index in [2.05, 4.69) is 10.6 Å². The van der Waals surface area contributed by atoms with Gasteiger partial charge in [0.25, 0.3) is 0 Å². The maximum atomic E-state index is 13.2. The molecular formula is C28H30N2O3S. The van der Waals surface area contributed by atoms with Gasteiger partial charge in [-0.15, -0.1) is 11.8 Å². The van der Waals surface area contributed by atoms with Crippen LogP contribution in [-0.4, -0.2) is 18.9 Å². The first kappa shape index (κ1) is 23.9. The highest BCUT2D eigenvalue weighted by molar-refractivity contribution is 8.00. The van der Waals surface area contributed by atoms with Crippen LogP contribution in [0.1, 0.15) is 42.9 Å². The Morgan fingerprint density at radius 3 is 2.09 bits per heavy atom.